The maximum absolute atomic E-state index is 12.2. The normalized spacial score (nSPS) is 17.1. The first kappa shape index (κ1) is 50.5. The number of rotatable bonds is 23. The minimum absolute atomic E-state index is 0.00165. The number of unbranched alkanes of at least 4 members (excludes halogenated alkanes) is 1. The van der Waals surface area contributed by atoms with Gasteiger partial charge in [0, 0.05) is 70.5 Å². The molecule has 0 aromatic heterocycles. The molecule has 11 N–H and O–H groups in total. The molecule has 1 fully saturated rings. The molecule has 1 aromatic carbocycles. The number of carboxylic acids is 7. The zero-order valence-electron chi connectivity index (χ0n) is 32.9. The molecule has 0 aliphatic carbocycles. The average Bonchev–Trinajstić information content (AvgIpc) is 3.14. The molecule has 60 heavy (non-hydrogen) atoms. The van der Waals surface area contributed by atoms with Crippen molar-refractivity contribution in [3.8, 4) is 0 Å². The number of thiocarbonyl (C=S) groups is 1. The Labute approximate surface area is 350 Å². The first-order chi connectivity index (χ1) is 28.3. The zero-order valence-corrected chi connectivity index (χ0v) is 33.7. The maximum Gasteiger partial charge on any atom is 0.326 e. The highest BCUT2D eigenvalue weighted by Gasteiger charge is 2.28. The number of aliphatic carboxylic acids is 7. The van der Waals surface area contributed by atoms with Gasteiger partial charge in [0.05, 0.1) is 26.2 Å². The van der Waals surface area contributed by atoms with E-state index in [-0.39, 0.29) is 89.8 Å². The van der Waals surface area contributed by atoms with Crippen LogP contribution in [0.1, 0.15) is 37.7 Å². The Morgan fingerprint density at radius 1 is 0.617 bits per heavy atom. The van der Waals surface area contributed by atoms with Crippen LogP contribution in [0.4, 0.5) is 10.5 Å². The molecule has 1 aromatic rings. The third kappa shape index (κ3) is 21.4. The van der Waals surface area contributed by atoms with Crippen LogP contribution in [0.25, 0.3) is 0 Å². The molecule has 1 heterocycles. The van der Waals surface area contributed by atoms with E-state index < -0.39 is 78.9 Å². The van der Waals surface area contributed by atoms with Crippen molar-refractivity contribution >= 4 is 70.8 Å². The Balaban J connectivity index is 2.05. The molecule has 1 aliphatic heterocycles. The van der Waals surface area contributed by atoms with Crippen molar-refractivity contribution in [2.24, 2.45) is 0 Å². The number of amides is 2. The lowest BCUT2D eigenvalue weighted by molar-refractivity contribution is -0.142. The van der Waals surface area contributed by atoms with Gasteiger partial charge < -0.3 is 57.0 Å². The molecule has 23 nitrogen and oxygen atoms in total. The van der Waals surface area contributed by atoms with Gasteiger partial charge in [0.2, 0.25) is 0 Å². The zero-order chi connectivity index (χ0) is 44.8. The van der Waals surface area contributed by atoms with E-state index in [1.54, 1.807) is 43.9 Å². The summed E-state index contributed by atoms with van der Waals surface area (Å²) >= 11 is 5.38. The van der Waals surface area contributed by atoms with Crippen LogP contribution in [0.2, 0.25) is 0 Å². The molecule has 2 rings (SSSR count). The second kappa shape index (κ2) is 26.4. The van der Waals surface area contributed by atoms with Crippen molar-refractivity contribution in [2.75, 3.05) is 83.9 Å². The molecule has 1 aliphatic rings. The summed E-state index contributed by atoms with van der Waals surface area (Å²) < 4.78 is 0. The molecule has 0 radical (unpaired) electrons. The number of benzene rings is 1. The van der Waals surface area contributed by atoms with Crippen LogP contribution in [0.3, 0.4) is 0 Å². The number of urea groups is 1. The summed E-state index contributed by atoms with van der Waals surface area (Å²) in [4.78, 5) is 99.6. The lowest BCUT2D eigenvalue weighted by atomic mass is 10.0. The molecule has 0 spiro atoms. The number of nitrogens with one attached hydrogen (secondary N) is 4. The quantitative estimate of drug-likeness (QED) is 0.0449. The summed E-state index contributed by atoms with van der Waals surface area (Å²) in [5.74, 6) is -8.50. The second-order valence-electron chi connectivity index (χ2n) is 14.1. The summed E-state index contributed by atoms with van der Waals surface area (Å²) in [6, 6.07) is 2.56. The van der Waals surface area contributed by atoms with Gasteiger partial charge in [-0.1, -0.05) is 12.1 Å². The smallest absolute Gasteiger partial charge is 0.326 e. The van der Waals surface area contributed by atoms with Crippen molar-refractivity contribution in [1.29, 1.82) is 0 Å². The highest BCUT2D eigenvalue weighted by atomic mass is 32.1. The molecule has 1 saturated heterocycles. The fourth-order valence-electron chi connectivity index (χ4n) is 6.34. The van der Waals surface area contributed by atoms with E-state index in [1.165, 1.54) is 0 Å². The average molecular weight is 871 g/mol. The van der Waals surface area contributed by atoms with Gasteiger partial charge in [-0.15, -0.1) is 0 Å². The van der Waals surface area contributed by atoms with Gasteiger partial charge >= 0.3 is 47.8 Å². The summed E-state index contributed by atoms with van der Waals surface area (Å²) in [5.41, 5.74) is 1.36. The lowest BCUT2D eigenvalue weighted by Crippen LogP contribution is -2.53. The van der Waals surface area contributed by atoms with Crippen molar-refractivity contribution in [2.45, 2.75) is 56.7 Å². The Hall–Kier alpha value is -5.69. The Morgan fingerprint density at radius 2 is 1.10 bits per heavy atom. The van der Waals surface area contributed by atoms with Crippen molar-refractivity contribution in [3.63, 3.8) is 0 Å². The fourth-order valence-corrected chi connectivity index (χ4v) is 6.56. The number of carboxylic acid groups (broad SMARTS) is 7. The fraction of sp³-hybridized carbons (Fsp3) is 0.583. The summed E-state index contributed by atoms with van der Waals surface area (Å²) in [7, 11) is 0. The highest BCUT2D eigenvalue weighted by molar-refractivity contribution is 7.80. The van der Waals surface area contributed by atoms with Crippen LogP contribution in [0, 0.1) is 0 Å². The molecule has 24 heteroatoms. The maximum atomic E-state index is 12.2. The van der Waals surface area contributed by atoms with E-state index in [4.69, 9.17) is 17.3 Å². The molecular formula is C36H54N8O15S. The van der Waals surface area contributed by atoms with Crippen LogP contribution >= 0.6 is 12.2 Å². The van der Waals surface area contributed by atoms with Crippen LogP contribution in [0.15, 0.2) is 24.3 Å². The molecule has 3 atom stereocenters. The Bertz CT molecular complexity index is 1650. The standard InChI is InChI=1S/C36H54N8O15S/c45-28(46)9-8-27(34(57)58)40-35(59)39-26(33(55)56)3-1-2-10-37-36(60)38-24-6-4-23(5-7-24)17-25-18-43(21-31(51)52)14-13-41(19-29(47)48)11-12-42(20-30(49)50)15-16-44(25)22-32(53)54/h4-7,25-27H,1-3,8-22H2,(H,45,46)(H,47,48)(H,49,50)(H,51,52)(H,53,54)(H,55,56)(H,57,58)(H2,37,38,60)(H2,39,40,59). The molecule has 3 unspecified atom stereocenters. The van der Waals surface area contributed by atoms with Gasteiger partial charge in [-0.25, -0.2) is 14.4 Å². The van der Waals surface area contributed by atoms with Crippen molar-refractivity contribution < 1.29 is 74.1 Å². The summed E-state index contributed by atoms with van der Waals surface area (Å²) in [6.07, 6.45) is 0.137. The molecule has 0 bridgehead atoms. The van der Waals surface area contributed by atoms with Crippen molar-refractivity contribution in [3.05, 3.63) is 29.8 Å². The van der Waals surface area contributed by atoms with E-state index in [2.05, 4.69) is 21.3 Å². The number of carbonyl (C=O) groups excluding carboxylic acids is 1. The largest absolute Gasteiger partial charge is 0.481 e. The van der Waals surface area contributed by atoms with Gasteiger partial charge in [-0.3, -0.25) is 43.6 Å². The SMILES string of the molecule is O=C(O)CCC(NC(=O)NC(CCCCNC(=S)Nc1ccc(CC2CN(CC(=O)O)CCN(CC(=O)O)CCN(CC(=O)O)CCN2CC(=O)O)cc1)C(=O)O)C(=O)O. The van der Waals surface area contributed by atoms with Gasteiger partial charge in [0.15, 0.2) is 5.11 Å². The van der Waals surface area contributed by atoms with Gasteiger partial charge in [0.1, 0.15) is 12.1 Å². The van der Waals surface area contributed by atoms with E-state index in [0.717, 1.165) is 5.56 Å². The van der Waals surface area contributed by atoms with E-state index in [9.17, 15) is 69.0 Å². The van der Waals surface area contributed by atoms with Gasteiger partial charge in [0.25, 0.3) is 0 Å². The predicted molar refractivity (Wildman–Crippen MR) is 215 cm³/mol. The van der Waals surface area contributed by atoms with E-state index in [1.807, 2.05) is 0 Å². The monoisotopic (exact) mass is 870 g/mol. The Kier molecular flexibility index (Phi) is 22.2. The van der Waals surface area contributed by atoms with Crippen LogP contribution in [-0.4, -0.2) is 205 Å². The third-order valence-corrected chi connectivity index (χ3v) is 9.56. The number of hydrogen-bond acceptors (Lipinski definition) is 13. The second-order valence-corrected chi connectivity index (χ2v) is 14.5. The van der Waals surface area contributed by atoms with Crippen LogP contribution in [-0.2, 0) is 40.0 Å². The summed E-state index contributed by atoms with van der Waals surface area (Å²) in [5, 5.41) is 76.5. The van der Waals surface area contributed by atoms with Crippen LogP contribution in [0.5, 0.6) is 0 Å². The van der Waals surface area contributed by atoms with Crippen LogP contribution < -0.4 is 21.3 Å². The van der Waals surface area contributed by atoms with E-state index in [0.29, 0.717) is 25.1 Å². The first-order valence-corrected chi connectivity index (χ1v) is 19.4. The first-order valence-electron chi connectivity index (χ1n) is 19.0. The minimum Gasteiger partial charge on any atom is -0.481 e. The topological polar surface area (TPSA) is 339 Å². The minimum atomic E-state index is -1.52. The number of carbonyl (C=O) groups is 8. The number of hydrogen-bond donors (Lipinski definition) is 11. The number of anilines is 1. The molecule has 0 saturated carbocycles. The van der Waals surface area contributed by atoms with Gasteiger partial charge in [-0.05, 0) is 62.0 Å². The molecular weight excluding hydrogens is 817 g/mol. The molecule has 334 valence electrons. The third-order valence-electron chi connectivity index (χ3n) is 9.31. The highest BCUT2D eigenvalue weighted by Crippen LogP contribution is 2.16. The lowest BCUT2D eigenvalue weighted by Gasteiger charge is -2.37. The van der Waals surface area contributed by atoms with Gasteiger partial charge in [-0.2, -0.15) is 0 Å². The van der Waals surface area contributed by atoms with Crippen molar-refractivity contribution in [1.82, 2.24) is 35.6 Å². The predicted octanol–water partition coefficient (Wildman–Crippen LogP) is -1.32. The summed E-state index contributed by atoms with van der Waals surface area (Å²) in [6.45, 7) is 0.00318. The molecule has 2 amide bonds. The Morgan fingerprint density at radius 3 is 1.60 bits per heavy atom. The number of nitrogens with zero attached hydrogens (tertiary/aromatic N) is 4. The van der Waals surface area contributed by atoms with E-state index >= 15 is 0 Å².